The van der Waals surface area contributed by atoms with Crippen LogP contribution in [0.4, 0.5) is 11.5 Å². The van der Waals surface area contributed by atoms with Gasteiger partial charge in [0.1, 0.15) is 5.82 Å². The van der Waals surface area contributed by atoms with Crippen molar-refractivity contribution in [2.75, 3.05) is 11.9 Å². The number of nitrogens with zero attached hydrogens (tertiary/aromatic N) is 5. The van der Waals surface area contributed by atoms with Crippen LogP contribution in [0.1, 0.15) is 43.2 Å². The smallest absolute Gasteiger partial charge is 0.254 e. The van der Waals surface area contributed by atoms with Crippen molar-refractivity contribution in [3.05, 3.63) is 66.1 Å². The van der Waals surface area contributed by atoms with Gasteiger partial charge in [-0.05, 0) is 48.7 Å². The van der Waals surface area contributed by atoms with Gasteiger partial charge < -0.3 is 10.6 Å². The molecule has 4 aromatic rings. The van der Waals surface area contributed by atoms with Crippen molar-refractivity contribution in [1.29, 1.82) is 0 Å². The van der Waals surface area contributed by atoms with E-state index in [1.807, 2.05) is 42.5 Å². The van der Waals surface area contributed by atoms with E-state index in [1.54, 1.807) is 16.9 Å². The van der Waals surface area contributed by atoms with E-state index in [4.69, 9.17) is 0 Å². The number of nitrogens with one attached hydrogen (secondary N) is 2. The predicted octanol–water partition coefficient (Wildman–Crippen LogP) is 4.27. The van der Waals surface area contributed by atoms with Crippen LogP contribution in [0.2, 0.25) is 0 Å². The summed E-state index contributed by atoms with van der Waals surface area (Å²) in [6.07, 6.45) is 5.27. The third-order valence-electron chi connectivity index (χ3n) is 4.88. The molecular weight excluding hydrogens is 402 g/mol. The summed E-state index contributed by atoms with van der Waals surface area (Å²) in [6, 6.07) is 13.2. The molecule has 0 unspecified atom stereocenters. The zero-order valence-corrected chi connectivity index (χ0v) is 18.5. The molecule has 3 aromatic heterocycles. The maximum Gasteiger partial charge on any atom is 0.254 e. The lowest BCUT2D eigenvalue weighted by Crippen LogP contribution is -2.27. The summed E-state index contributed by atoms with van der Waals surface area (Å²) in [5.41, 5.74) is 3.25. The van der Waals surface area contributed by atoms with Crippen LogP contribution < -0.4 is 10.6 Å². The van der Waals surface area contributed by atoms with Crippen LogP contribution in [0.15, 0.2) is 54.9 Å². The highest BCUT2D eigenvalue weighted by Gasteiger charge is 2.13. The second-order valence-corrected chi connectivity index (χ2v) is 8.08. The molecular formula is C24H27N7O. The normalized spacial score (nSPS) is 11.1. The van der Waals surface area contributed by atoms with Crippen molar-refractivity contribution >= 4 is 23.2 Å². The predicted molar refractivity (Wildman–Crippen MR) is 125 cm³/mol. The van der Waals surface area contributed by atoms with Gasteiger partial charge in [0.05, 0.1) is 0 Å². The molecule has 0 bridgehead atoms. The van der Waals surface area contributed by atoms with Gasteiger partial charge >= 0.3 is 0 Å². The number of aryl methyl sites for hydroxylation is 1. The largest absolute Gasteiger partial charge is 0.352 e. The van der Waals surface area contributed by atoms with Gasteiger partial charge in [-0.15, -0.1) is 5.10 Å². The third-order valence-corrected chi connectivity index (χ3v) is 4.88. The topological polar surface area (TPSA) is 97.1 Å². The Morgan fingerprint density at radius 2 is 1.94 bits per heavy atom. The summed E-state index contributed by atoms with van der Waals surface area (Å²) in [6.45, 7) is 6.91. The van der Waals surface area contributed by atoms with E-state index in [0.717, 1.165) is 35.6 Å². The Hall–Kier alpha value is -3.81. The van der Waals surface area contributed by atoms with Crippen LogP contribution in [0.3, 0.4) is 0 Å². The fourth-order valence-corrected chi connectivity index (χ4v) is 3.26. The molecule has 0 aliphatic rings. The van der Waals surface area contributed by atoms with E-state index in [-0.39, 0.29) is 5.91 Å². The second-order valence-electron chi connectivity index (χ2n) is 8.08. The molecule has 0 radical (unpaired) electrons. The molecule has 3 heterocycles. The highest BCUT2D eigenvalue weighted by molar-refractivity contribution is 5.94. The highest BCUT2D eigenvalue weighted by Crippen LogP contribution is 2.22. The SMILES string of the molecule is CCCc1cc(Nc2ccc(C(=O)NCC(C)C)cc2)n2nc(-c3cccnc3)nc2n1. The number of carbonyl (C=O) groups excluding carboxylic acids is 1. The molecule has 1 aromatic carbocycles. The fraction of sp³-hybridized carbons (Fsp3) is 0.292. The van der Waals surface area contributed by atoms with Crippen LogP contribution in [0.5, 0.6) is 0 Å². The lowest BCUT2D eigenvalue weighted by molar-refractivity contribution is 0.0949. The van der Waals surface area contributed by atoms with Gasteiger partial charge in [-0.25, -0.2) is 4.98 Å². The molecule has 0 saturated heterocycles. The molecule has 0 aliphatic heterocycles. The van der Waals surface area contributed by atoms with E-state index >= 15 is 0 Å². The first kappa shape index (κ1) is 21.4. The lowest BCUT2D eigenvalue weighted by Gasteiger charge is -2.11. The van der Waals surface area contributed by atoms with Crippen molar-refractivity contribution in [3.63, 3.8) is 0 Å². The minimum atomic E-state index is -0.0702. The van der Waals surface area contributed by atoms with E-state index in [2.05, 4.69) is 51.5 Å². The average molecular weight is 430 g/mol. The maximum atomic E-state index is 12.3. The second kappa shape index (κ2) is 9.55. The van der Waals surface area contributed by atoms with E-state index in [0.29, 0.717) is 29.6 Å². The highest BCUT2D eigenvalue weighted by atomic mass is 16.1. The first-order chi connectivity index (χ1) is 15.5. The molecule has 164 valence electrons. The summed E-state index contributed by atoms with van der Waals surface area (Å²) in [5, 5.41) is 11.0. The molecule has 8 nitrogen and oxygen atoms in total. The zero-order chi connectivity index (χ0) is 22.5. The fourth-order valence-electron chi connectivity index (χ4n) is 3.26. The van der Waals surface area contributed by atoms with Gasteiger partial charge in [0.25, 0.3) is 11.7 Å². The van der Waals surface area contributed by atoms with Crippen molar-refractivity contribution < 1.29 is 4.79 Å². The van der Waals surface area contributed by atoms with Gasteiger partial charge in [-0.2, -0.15) is 9.50 Å². The molecule has 0 saturated carbocycles. The zero-order valence-electron chi connectivity index (χ0n) is 18.5. The minimum absolute atomic E-state index is 0.0702. The van der Waals surface area contributed by atoms with Crippen molar-refractivity contribution in [1.82, 2.24) is 29.9 Å². The minimum Gasteiger partial charge on any atom is -0.352 e. The van der Waals surface area contributed by atoms with Gasteiger partial charge in [-0.1, -0.05) is 27.2 Å². The van der Waals surface area contributed by atoms with E-state index < -0.39 is 0 Å². The summed E-state index contributed by atoms with van der Waals surface area (Å²) in [5.74, 6) is 2.20. The monoisotopic (exact) mass is 429 g/mol. The van der Waals surface area contributed by atoms with Crippen LogP contribution in [-0.4, -0.2) is 37.0 Å². The summed E-state index contributed by atoms with van der Waals surface area (Å²) >= 11 is 0. The lowest BCUT2D eigenvalue weighted by atomic mass is 10.1. The van der Waals surface area contributed by atoms with Gasteiger partial charge in [0, 0.05) is 47.5 Å². The molecule has 2 N–H and O–H groups in total. The molecule has 0 atom stereocenters. The third kappa shape index (κ3) is 4.91. The van der Waals surface area contributed by atoms with Crippen LogP contribution >= 0.6 is 0 Å². The van der Waals surface area contributed by atoms with Crippen molar-refractivity contribution in [3.8, 4) is 11.4 Å². The van der Waals surface area contributed by atoms with Crippen LogP contribution in [-0.2, 0) is 6.42 Å². The quantitative estimate of drug-likeness (QED) is 0.434. The van der Waals surface area contributed by atoms with Crippen LogP contribution in [0, 0.1) is 5.92 Å². The number of fused-ring (bicyclic) bond motifs is 1. The van der Waals surface area contributed by atoms with Crippen LogP contribution in [0.25, 0.3) is 17.2 Å². The number of aromatic nitrogens is 5. The van der Waals surface area contributed by atoms with Gasteiger partial charge in [-0.3, -0.25) is 9.78 Å². The van der Waals surface area contributed by atoms with Crippen molar-refractivity contribution in [2.24, 2.45) is 5.92 Å². The Bertz CT molecular complexity index is 1200. The number of amides is 1. The Labute approximate surface area is 187 Å². The Morgan fingerprint density at radius 1 is 1.12 bits per heavy atom. The summed E-state index contributed by atoms with van der Waals surface area (Å²) < 4.78 is 1.70. The van der Waals surface area contributed by atoms with Crippen molar-refractivity contribution in [2.45, 2.75) is 33.6 Å². The Morgan fingerprint density at radius 3 is 2.62 bits per heavy atom. The summed E-state index contributed by atoms with van der Waals surface area (Å²) in [4.78, 5) is 25.7. The average Bonchev–Trinajstić information content (AvgIpc) is 3.23. The standard InChI is InChI=1S/C24H27N7O/c1-4-6-20-13-21(27-19-10-8-17(9-11-19)23(32)26-14-16(2)3)31-24(28-20)29-22(30-31)18-7-5-12-25-15-18/h5,7-13,15-16,27H,4,6,14H2,1-3H3,(H,26,32). The van der Waals surface area contributed by atoms with Gasteiger partial charge in [0.2, 0.25) is 0 Å². The Balaban J connectivity index is 1.62. The van der Waals surface area contributed by atoms with E-state index in [9.17, 15) is 4.79 Å². The molecule has 0 fully saturated rings. The molecule has 0 aliphatic carbocycles. The first-order valence-corrected chi connectivity index (χ1v) is 10.9. The number of rotatable bonds is 8. The first-order valence-electron chi connectivity index (χ1n) is 10.9. The molecule has 1 amide bonds. The summed E-state index contributed by atoms with van der Waals surface area (Å²) in [7, 11) is 0. The number of pyridine rings is 1. The molecule has 0 spiro atoms. The molecule has 32 heavy (non-hydrogen) atoms. The number of carbonyl (C=O) groups is 1. The number of anilines is 2. The number of hydrogen-bond acceptors (Lipinski definition) is 6. The maximum absolute atomic E-state index is 12.3. The number of hydrogen-bond donors (Lipinski definition) is 2. The Kier molecular flexibility index (Phi) is 6.39. The van der Waals surface area contributed by atoms with Gasteiger partial charge in [0.15, 0.2) is 5.82 Å². The number of benzene rings is 1. The molecule has 4 rings (SSSR count). The molecule has 8 heteroatoms. The van der Waals surface area contributed by atoms with E-state index in [1.165, 1.54) is 0 Å².